The zero-order valence-electron chi connectivity index (χ0n) is 8.57. The van der Waals surface area contributed by atoms with Crippen LogP contribution in [0.2, 0.25) is 0 Å². The molecule has 0 aromatic carbocycles. The third-order valence-corrected chi connectivity index (χ3v) is 2.43. The minimum atomic E-state index is -0.728. The van der Waals surface area contributed by atoms with E-state index < -0.39 is 6.67 Å². The molecule has 2 aromatic heterocycles. The molecule has 16 heavy (non-hydrogen) atoms. The Balaban J connectivity index is 2.47. The quantitative estimate of drug-likeness (QED) is 0.776. The van der Waals surface area contributed by atoms with Gasteiger partial charge in [-0.2, -0.15) is 5.10 Å². The van der Waals surface area contributed by atoms with E-state index in [1.807, 2.05) is 6.92 Å². The predicted octanol–water partition coefficient (Wildman–Crippen LogP) is 2.65. The molecule has 0 aliphatic rings. The fourth-order valence-electron chi connectivity index (χ4n) is 1.31. The number of rotatable bonds is 3. The van der Waals surface area contributed by atoms with E-state index in [1.54, 1.807) is 12.1 Å². The summed E-state index contributed by atoms with van der Waals surface area (Å²) in [6, 6.07) is 3.54. The van der Waals surface area contributed by atoms with E-state index in [4.69, 9.17) is 16.1 Å². The molecule has 0 atom stereocenters. The van der Waals surface area contributed by atoms with Gasteiger partial charge >= 0.3 is 0 Å². The fourth-order valence-corrected chi connectivity index (χ4v) is 1.59. The number of aromatic nitrogens is 3. The zero-order chi connectivity index (χ0) is 11.5. The molecule has 4 nitrogen and oxygen atoms in total. The summed E-state index contributed by atoms with van der Waals surface area (Å²) in [7, 11) is 0. The summed E-state index contributed by atoms with van der Waals surface area (Å²) >= 11 is 5.72. The van der Waals surface area contributed by atoms with Crippen LogP contribution in [-0.4, -0.2) is 15.4 Å². The van der Waals surface area contributed by atoms with Gasteiger partial charge in [0.15, 0.2) is 12.4 Å². The summed E-state index contributed by atoms with van der Waals surface area (Å²) in [5.74, 6) is 0.278. The van der Waals surface area contributed by atoms with Gasteiger partial charge in [-0.25, -0.2) is 4.39 Å². The first-order valence-corrected chi connectivity index (χ1v) is 5.19. The lowest BCUT2D eigenvalue weighted by molar-refractivity contribution is 0.329. The van der Waals surface area contributed by atoms with Crippen LogP contribution in [0.15, 0.2) is 16.7 Å². The second kappa shape index (κ2) is 4.57. The molecule has 0 saturated heterocycles. The predicted molar refractivity (Wildman–Crippen MR) is 56.6 cm³/mol. The Morgan fingerprint density at radius 1 is 1.38 bits per heavy atom. The maximum Gasteiger partial charge on any atom is 0.172 e. The lowest BCUT2D eigenvalue weighted by Crippen LogP contribution is -1.93. The summed E-state index contributed by atoms with van der Waals surface area (Å²) in [6.45, 7) is 1.10. The Bertz CT molecular complexity index is 483. The Morgan fingerprint density at radius 3 is 2.75 bits per heavy atom. The summed E-state index contributed by atoms with van der Waals surface area (Å²) in [6.07, 6.45) is 0. The number of hydrogen-bond donors (Lipinski definition) is 0. The fraction of sp³-hybridized carbons (Fsp3) is 0.300. The molecule has 0 aliphatic heterocycles. The van der Waals surface area contributed by atoms with Crippen molar-refractivity contribution in [3.8, 4) is 11.4 Å². The normalized spacial score (nSPS) is 10.7. The van der Waals surface area contributed by atoms with Crippen LogP contribution in [0.3, 0.4) is 0 Å². The first kappa shape index (κ1) is 11.0. The van der Waals surface area contributed by atoms with Crippen molar-refractivity contribution in [2.75, 3.05) is 0 Å². The maximum atomic E-state index is 12.5. The van der Waals surface area contributed by atoms with Crippen LogP contribution >= 0.6 is 11.6 Å². The summed E-state index contributed by atoms with van der Waals surface area (Å²) in [4.78, 5) is 0. The maximum absolute atomic E-state index is 12.5. The molecule has 0 aliphatic carbocycles. The van der Waals surface area contributed by atoms with E-state index in [0.717, 1.165) is 5.69 Å². The van der Waals surface area contributed by atoms with Gasteiger partial charge in [-0.05, 0) is 19.1 Å². The van der Waals surface area contributed by atoms with E-state index >= 15 is 0 Å². The Morgan fingerprint density at radius 2 is 2.19 bits per heavy atom. The van der Waals surface area contributed by atoms with Crippen molar-refractivity contribution in [2.45, 2.75) is 19.5 Å². The standard InChI is InChI=1S/C10H9ClFN3O/c1-6-2-3-8(14-13-6)10-7(4-11)9(5-12)16-15-10/h2-3H,4-5H2,1H3. The molecule has 6 heteroatoms. The van der Waals surface area contributed by atoms with Gasteiger partial charge in [0.2, 0.25) is 0 Å². The molecule has 0 radical (unpaired) electrons. The average Bonchev–Trinajstić information content (AvgIpc) is 2.72. The highest BCUT2D eigenvalue weighted by Crippen LogP contribution is 2.25. The lowest BCUT2D eigenvalue weighted by atomic mass is 10.1. The Hall–Kier alpha value is -1.49. The molecule has 0 unspecified atom stereocenters. The Labute approximate surface area is 96.4 Å². The molecule has 0 bridgehead atoms. The molecule has 2 rings (SSSR count). The first-order chi connectivity index (χ1) is 7.76. The number of halogens is 2. The second-order valence-electron chi connectivity index (χ2n) is 3.26. The monoisotopic (exact) mass is 241 g/mol. The molecule has 0 spiro atoms. The highest BCUT2D eigenvalue weighted by atomic mass is 35.5. The van der Waals surface area contributed by atoms with Crippen molar-refractivity contribution in [1.82, 2.24) is 15.4 Å². The van der Waals surface area contributed by atoms with Crippen LogP contribution in [0.1, 0.15) is 17.0 Å². The molecular formula is C10H9ClFN3O. The highest BCUT2D eigenvalue weighted by molar-refractivity contribution is 6.17. The molecule has 2 aromatic rings. The first-order valence-electron chi connectivity index (χ1n) is 4.66. The van der Waals surface area contributed by atoms with Crippen LogP contribution in [0, 0.1) is 6.92 Å². The van der Waals surface area contributed by atoms with Crippen molar-refractivity contribution >= 4 is 11.6 Å². The number of nitrogens with zero attached hydrogens (tertiary/aromatic N) is 3. The minimum Gasteiger partial charge on any atom is -0.358 e. The Kier molecular flexibility index (Phi) is 3.14. The van der Waals surface area contributed by atoms with Crippen LogP contribution in [0.5, 0.6) is 0 Å². The molecule has 0 saturated carbocycles. The molecule has 0 amide bonds. The summed E-state index contributed by atoms with van der Waals surface area (Å²) in [5, 5.41) is 11.6. The van der Waals surface area contributed by atoms with E-state index in [-0.39, 0.29) is 11.6 Å². The van der Waals surface area contributed by atoms with Gasteiger partial charge in [0.05, 0.1) is 11.6 Å². The van der Waals surface area contributed by atoms with Crippen LogP contribution in [-0.2, 0) is 12.6 Å². The van der Waals surface area contributed by atoms with Crippen molar-refractivity contribution in [3.05, 3.63) is 29.2 Å². The topological polar surface area (TPSA) is 51.8 Å². The highest BCUT2D eigenvalue weighted by Gasteiger charge is 2.17. The molecule has 2 heterocycles. The van der Waals surface area contributed by atoms with Crippen LogP contribution in [0.25, 0.3) is 11.4 Å². The smallest absolute Gasteiger partial charge is 0.172 e. The van der Waals surface area contributed by atoms with Gasteiger partial charge in [-0.3, -0.25) is 0 Å². The van der Waals surface area contributed by atoms with E-state index in [9.17, 15) is 4.39 Å². The summed E-state index contributed by atoms with van der Waals surface area (Å²) < 4.78 is 17.4. The molecule has 0 N–H and O–H groups in total. The second-order valence-corrected chi connectivity index (χ2v) is 3.53. The van der Waals surface area contributed by atoms with E-state index in [0.29, 0.717) is 17.0 Å². The average molecular weight is 242 g/mol. The minimum absolute atomic E-state index is 0.133. The van der Waals surface area contributed by atoms with Gasteiger partial charge in [0.1, 0.15) is 11.4 Å². The molecular weight excluding hydrogens is 233 g/mol. The number of hydrogen-bond acceptors (Lipinski definition) is 4. The number of alkyl halides is 2. The van der Waals surface area contributed by atoms with Gasteiger partial charge in [0, 0.05) is 5.56 Å². The molecule has 84 valence electrons. The van der Waals surface area contributed by atoms with Crippen LogP contribution in [0.4, 0.5) is 4.39 Å². The van der Waals surface area contributed by atoms with Crippen molar-refractivity contribution in [3.63, 3.8) is 0 Å². The van der Waals surface area contributed by atoms with Crippen molar-refractivity contribution in [1.29, 1.82) is 0 Å². The largest absolute Gasteiger partial charge is 0.358 e. The molecule has 0 fully saturated rings. The van der Waals surface area contributed by atoms with Gasteiger partial charge in [0.25, 0.3) is 0 Å². The van der Waals surface area contributed by atoms with Crippen molar-refractivity contribution in [2.24, 2.45) is 0 Å². The van der Waals surface area contributed by atoms with Crippen LogP contribution < -0.4 is 0 Å². The number of aryl methyl sites for hydroxylation is 1. The third kappa shape index (κ3) is 1.90. The van der Waals surface area contributed by atoms with Crippen molar-refractivity contribution < 1.29 is 8.91 Å². The lowest BCUT2D eigenvalue weighted by Gasteiger charge is -1.97. The zero-order valence-corrected chi connectivity index (χ0v) is 9.33. The van der Waals surface area contributed by atoms with E-state index in [2.05, 4.69) is 15.4 Å². The SMILES string of the molecule is Cc1ccc(-c2noc(CF)c2CCl)nn1. The van der Waals surface area contributed by atoms with E-state index in [1.165, 1.54) is 0 Å². The third-order valence-electron chi connectivity index (χ3n) is 2.17. The summed E-state index contributed by atoms with van der Waals surface area (Å²) in [5.41, 5.74) is 2.31. The van der Waals surface area contributed by atoms with Gasteiger partial charge in [-0.1, -0.05) is 5.16 Å². The van der Waals surface area contributed by atoms with Gasteiger partial charge < -0.3 is 4.52 Å². The van der Waals surface area contributed by atoms with Gasteiger partial charge in [-0.15, -0.1) is 16.7 Å².